The summed E-state index contributed by atoms with van der Waals surface area (Å²) in [6.45, 7) is 6.80. The van der Waals surface area contributed by atoms with Crippen LogP contribution in [0.2, 0.25) is 0 Å². The molecule has 5 heteroatoms. The summed E-state index contributed by atoms with van der Waals surface area (Å²) in [7, 11) is 0. The summed E-state index contributed by atoms with van der Waals surface area (Å²) >= 11 is 8.98. The number of halogens is 2. The van der Waals surface area contributed by atoms with Crippen LogP contribution in [0.5, 0.6) is 5.75 Å². The van der Waals surface area contributed by atoms with E-state index < -0.39 is 0 Å². The van der Waals surface area contributed by atoms with Crippen molar-refractivity contribution in [2.75, 3.05) is 25.2 Å². The molecule has 0 bridgehead atoms. The molecule has 1 unspecified atom stereocenters. The van der Waals surface area contributed by atoms with E-state index >= 15 is 0 Å². The van der Waals surface area contributed by atoms with Crippen LogP contribution in [0, 0.1) is 5.92 Å². The monoisotopic (exact) mass is 409 g/mol. The molecule has 1 rings (SSSR count). The summed E-state index contributed by atoms with van der Waals surface area (Å²) in [5, 5.41) is 3.50. The normalized spacial score (nSPS) is 12.5. The van der Waals surface area contributed by atoms with Crippen molar-refractivity contribution in [1.82, 2.24) is 5.32 Å². The largest absolute Gasteiger partial charge is 0.492 e. The van der Waals surface area contributed by atoms with Gasteiger partial charge in [-0.1, -0.05) is 22.9 Å². The minimum absolute atomic E-state index is 0.677. The Kier molecular flexibility index (Phi) is 8.46. The summed E-state index contributed by atoms with van der Waals surface area (Å²) in [4.78, 5) is 0. The second kappa shape index (κ2) is 9.27. The van der Waals surface area contributed by atoms with Gasteiger partial charge < -0.3 is 10.1 Å². The Hall–Kier alpha value is 0.290. The fourth-order valence-corrected chi connectivity index (χ4v) is 3.96. The molecule has 0 aromatic heterocycles. The van der Waals surface area contributed by atoms with Crippen molar-refractivity contribution in [2.24, 2.45) is 5.92 Å². The van der Waals surface area contributed by atoms with Crippen molar-refractivity contribution in [3.63, 3.8) is 0 Å². The number of rotatable bonds is 8. The maximum atomic E-state index is 5.72. The Morgan fingerprint density at radius 1 is 1.37 bits per heavy atom. The van der Waals surface area contributed by atoms with Gasteiger partial charge in [0.25, 0.3) is 0 Å². The first-order valence-electron chi connectivity index (χ1n) is 6.38. The Morgan fingerprint density at radius 3 is 2.74 bits per heavy atom. The predicted molar refractivity (Wildman–Crippen MR) is 92.3 cm³/mol. The molecule has 1 atom stereocenters. The van der Waals surface area contributed by atoms with Gasteiger partial charge in [0, 0.05) is 16.6 Å². The molecule has 0 aliphatic carbocycles. The van der Waals surface area contributed by atoms with Crippen LogP contribution in [0.25, 0.3) is 0 Å². The van der Waals surface area contributed by atoms with E-state index in [1.54, 1.807) is 0 Å². The molecule has 0 saturated heterocycles. The van der Waals surface area contributed by atoms with Crippen molar-refractivity contribution in [2.45, 2.75) is 20.4 Å². The van der Waals surface area contributed by atoms with Crippen molar-refractivity contribution >= 4 is 43.6 Å². The van der Waals surface area contributed by atoms with E-state index in [9.17, 15) is 0 Å². The third kappa shape index (κ3) is 6.06. The molecule has 19 heavy (non-hydrogen) atoms. The van der Waals surface area contributed by atoms with Crippen LogP contribution in [-0.4, -0.2) is 25.2 Å². The van der Waals surface area contributed by atoms with Gasteiger partial charge in [-0.25, -0.2) is 0 Å². The van der Waals surface area contributed by atoms with Gasteiger partial charge in [0.15, 0.2) is 0 Å². The molecular weight excluding hydrogens is 390 g/mol. The maximum Gasteiger partial charge on any atom is 0.138 e. The van der Waals surface area contributed by atoms with E-state index in [2.05, 4.69) is 56.4 Å². The number of hydrogen-bond donors (Lipinski definition) is 1. The van der Waals surface area contributed by atoms with Crippen molar-refractivity contribution < 1.29 is 4.74 Å². The van der Waals surface area contributed by atoms with Gasteiger partial charge in [-0.05, 0) is 59.5 Å². The van der Waals surface area contributed by atoms with E-state index in [4.69, 9.17) is 4.74 Å². The smallest absolute Gasteiger partial charge is 0.138 e. The van der Waals surface area contributed by atoms with Crippen LogP contribution in [0.1, 0.15) is 19.4 Å². The Balaban J connectivity index is 2.65. The number of benzene rings is 1. The lowest BCUT2D eigenvalue weighted by Gasteiger charge is -2.15. The van der Waals surface area contributed by atoms with Crippen LogP contribution in [0.15, 0.2) is 21.1 Å². The van der Waals surface area contributed by atoms with Crippen molar-refractivity contribution in [3.05, 3.63) is 26.6 Å². The third-order valence-corrected chi connectivity index (χ3v) is 4.58. The summed E-state index contributed by atoms with van der Waals surface area (Å²) in [5.41, 5.74) is 1.18. The molecule has 0 aliphatic heterocycles. The number of hydrogen-bond acceptors (Lipinski definition) is 3. The molecule has 2 nitrogen and oxygen atoms in total. The number of thioether (sulfide) groups is 1. The average molecular weight is 411 g/mol. The Labute approximate surface area is 137 Å². The minimum Gasteiger partial charge on any atom is -0.492 e. The lowest BCUT2D eigenvalue weighted by molar-refractivity contribution is 0.333. The van der Waals surface area contributed by atoms with E-state index in [1.807, 2.05) is 24.8 Å². The molecule has 1 aromatic carbocycles. The SMILES string of the molecule is CCOc1c(Br)cc(Br)cc1CNCC(C)CSC. The number of ether oxygens (including phenoxy) is 1. The van der Waals surface area contributed by atoms with Crippen LogP contribution in [-0.2, 0) is 6.54 Å². The second-order valence-electron chi connectivity index (χ2n) is 4.50. The first-order valence-corrected chi connectivity index (χ1v) is 9.36. The molecule has 1 aromatic rings. The fraction of sp³-hybridized carbons (Fsp3) is 0.571. The maximum absolute atomic E-state index is 5.72. The van der Waals surface area contributed by atoms with Crippen LogP contribution in [0.4, 0.5) is 0 Å². The van der Waals surface area contributed by atoms with E-state index in [0.717, 1.165) is 27.8 Å². The van der Waals surface area contributed by atoms with Gasteiger partial charge in [-0.15, -0.1) is 0 Å². The zero-order valence-electron chi connectivity index (χ0n) is 11.6. The molecule has 0 heterocycles. The van der Waals surface area contributed by atoms with Gasteiger partial charge in [-0.3, -0.25) is 0 Å². The van der Waals surface area contributed by atoms with Crippen molar-refractivity contribution in [1.29, 1.82) is 0 Å². The Bertz CT molecular complexity index is 401. The van der Waals surface area contributed by atoms with Crippen LogP contribution >= 0.6 is 43.6 Å². The van der Waals surface area contributed by atoms with Gasteiger partial charge in [0.2, 0.25) is 0 Å². The van der Waals surface area contributed by atoms with E-state index in [0.29, 0.717) is 12.5 Å². The Morgan fingerprint density at radius 2 is 2.11 bits per heavy atom. The summed E-state index contributed by atoms with van der Waals surface area (Å²) in [6.07, 6.45) is 2.15. The van der Waals surface area contributed by atoms with Gasteiger partial charge in [0.1, 0.15) is 5.75 Å². The molecule has 108 valence electrons. The third-order valence-electron chi connectivity index (χ3n) is 2.63. The minimum atomic E-state index is 0.677. The lowest BCUT2D eigenvalue weighted by atomic mass is 10.2. The zero-order chi connectivity index (χ0) is 14.3. The topological polar surface area (TPSA) is 21.3 Å². The van der Waals surface area contributed by atoms with Crippen LogP contribution in [0.3, 0.4) is 0 Å². The van der Waals surface area contributed by atoms with Gasteiger partial charge in [-0.2, -0.15) is 11.8 Å². The molecule has 0 amide bonds. The van der Waals surface area contributed by atoms with E-state index in [-0.39, 0.29) is 0 Å². The zero-order valence-corrected chi connectivity index (χ0v) is 15.6. The molecule has 0 saturated carbocycles. The standard InChI is InChI=1S/C14H21Br2NOS/c1-4-18-14-11(5-12(15)6-13(14)16)8-17-7-10(2)9-19-3/h5-6,10,17H,4,7-9H2,1-3H3. The second-order valence-corrected chi connectivity index (χ2v) is 7.18. The highest BCUT2D eigenvalue weighted by molar-refractivity contribution is 9.11. The van der Waals surface area contributed by atoms with Gasteiger partial charge in [0.05, 0.1) is 11.1 Å². The van der Waals surface area contributed by atoms with Crippen LogP contribution < -0.4 is 10.1 Å². The summed E-state index contributed by atoms with van der Waals surface area (Å²) in [5.74, 6) is 2.81. The quantitative estimate of drug-likeness (QED) is 0.671. The molecular formula is C14H21Br2NOS. The van der Waals surface area contributed by atoms with E-state index in [1.165, 1.54) is 11.3 Å². The average Bonchev–Trinajstić information content (AvgIpc) is 2.33. The fourth-order valence-electron chi connectivity index (χ4n) is 1.85. The molecule has 0 fully saturated rings. The molecule has 0 radical (unpaired) electrons. The van der Waals surface area contributed by atoms with Gasteiger partial charge >= 0.3 is 0 Å². The highest BCUT2D eigenvalue weighted by Gasteiger charge is 2.10. The first-order chi connectivity index (χ1) is 9.08. The summed E-state index contributed by atoms with van der Waals surface area (Å²) in [6, 6.07) is 4.13. The predicted octanol–water partition coefficient (Wildman–Crippen LogP) is 4.70. The van der Waals surface area contributed by atoms with Crippen molar-refractivity contribution in [3.8, 4) is 5.75 Å². The number of nitrogens with one attached hydrogen (secondary N) is 1. The molecule has 0 spiro atoms. The summed E-state index contributed by atoms with van der Waals surface area (Å²) < 4.78 is 7.78. The molecule has 1 N–H and O–H groups in total. The first kappa shape index (κ1) is 17.3. The lowest BCUT2D eigenvalue weighted by Crippen LogP contribution is -2.22. The highest BCUT2D eigenvalue weighted by atomic mass is 79.9. The molecule has 0 aliphatic rings. The highest BCUT2D eigenvalue weighted by Crippen LogP contribution is 2.32.